The molecule has 0 amide bonds. The van der Waals surface area contributed by atoms with Crippen molar-refractivity contribution in [3.63, 3.8) is 0 Å². The second-order valence-electron chi connectivity index (χ2n) is 5.20. The molecule has 0 radical (unpaired) electrons. The Hall–Kier alpha value is -2.64. The predicted octanol–water partition coefficient (Wildman–Crippen LogP) is 3.58. The number of aliphatic hydroxyl groups is 1. The van der Waals surface area contributed by atoms with E-state index in [1.165, 1.54) is 18.5 Å². The van der Waals surface area contributed by atoms with Crippen LogP contribution in [0.15, 0.2) is 36.7 Å². The molecule has 3 N–H and O–H groups in total. The van der Waals surface area contributed by atoms with Crippen LogP contribution in [0.3, 0.4) is 0 Å². The highest BCUT2D eigenvalue weighted by Crippen LogP contribution is 2.33. The van der Waals surface area contributed by atoms with E-state index in [4.69, 9.17) is 21.4 Å². The first-order valence-electron chi connectivity index (χ1n) is 7.52. The van der Waals surface area contributed by atoms with E-state index in [1.54, 1.807) is 19.2 Å². The third kappa shape index (κ3) is 3.72. The minimum Gasteiger partial charge on any atom is -0.495 e. The van der Waals surface area contributed by atoms with Crippen LogP contribution < -0.4 is 15.4 Å². The molecule has 0 atom stereocenters. The lowest BCUT2D eigenvalue weighted by Gasteiger charge is -2.14. The van der Waals surface area contributed by atoms with Gasteiger partial charge in [-0.1, -0.05) is 11.6 Å². The zero-order chi connectivity index (χ0) is 17.8. The first kappa shape index (κ1) is 17.2. The summed E-state index contributed by atoms with van der Waals surface area (Å²) in [6, 6.07) is 7.95. The van der Waals surface area contributed by atoms with E-state index in [2.05, 4.69) is 20.6 Å². The molecule has 0 spiro atoms. The first-order valence-corrected chi connectivity index (χ1v) is 7.89. The number of methoxy groups -OCH3 is 1. The molecule has 3 aromatic rings. The Morgan fingerprint density at radius 3 is 2.80 bits per heavy atom. The van der Waals surface area contributed by atoms with E-state index in [0.29, 0.717) is 29.3 Å². The molecule has 1 aromatic heterocycles. The second kappa shape index (κ2) is 7.50. The lowest BCUT2D eigenvalue weighted by molar-refractivity contribution is 0.311. The van der Waals surface area contributed by atoms with Gasteiger partial charge >= 0.3 is 0 Å². The Morgan fingerprint density at radius 2 is 2.08 bits per heavy atom. The number of fused-ring (bicyclic) bond motifs is 1. The summed E-state index contributed by atoms with van der Waals surface area (Å²) in [6.45, 7) is 0.398. The van der Waals surface area contributed by atoms with Crippen LogP contribution in [0.5, 0.6) is 5.75 Å². The number of halogens is 2. The van der Waals surface area contributed by atoms with E-state index in [1.807, 2.05) is 6.07 Å². The molecule has 3 rings (SSSR count). The highest BCUT2D eigenvalue weighted by Gasteiger charge is 2.11. The molecule has 0 saturated carbocycles. The Bertz CT molecular complexity index is 907. The van der Waals surface area contributed by atoms with Crippen molar-refractivity contribution in [2.75, 3.05) is 30.9 Å². The van der Waals surface area contributed by atoms with Gasteiger partial charge in [-0.05, 0) is 30.3 Å². The zero-order valence-electron chi connectivity index (χ0n) is 13.4. The number of ether oxygens (including phenoxy) is 1. The summed E-state index contributed by atoms with van der Waals surface area (Å²) < 4.78 is 18.7. The largest absolute Gasteiger partial charge is 0.495 e. The summed E-state index contributed by atoms with van der Waals surface area (Å²) in [5, 5.41) is 15.9. The summed E-state index contributed by atoms with van der Waals surface area (Å²) in [5.74, 6) is 0.650. The van der Waals surface area contributed by atoms with Gasteiger partial charge in [-0.2, -0.15) is 0 Å². The number of nitrogens with zero attached hydrogens (tertiary/aromatic N) is 2. The monoisotopic (exact) mass is 362 g/mol. The molecule has 0 aliphatic rings. The summed E-state index contributed by atoms with van der Waals surface area (Å²) in [4.78, 5) is 8.51. The second-order valence-corrected chi connectivity index (χ2v) is 5.60. The summed E-state index contributed by atoms with van der Waals surface area (Å²) >= 11 is 5.82. The minimum atomic E-state index is -0.485. The summed E-state index contributed by atoms with van der Waals surface area (Å²) in [6.07, 6.45) is 1.43. The van der Waals surface area contributed by atoms with Crippen LogP contribution in [0.2, 0.25) is 5.02 Å². The van der Waals surface area contributed by atoms with Crippen molar-refractivity contribution in [3.8, 4) is 5.75 Å². The fraction of sp³-hybridized carbons (Fsp3) is 0.176. The lowest BCUT2D eigenvalue weighted by Crippen LogP contribution is -2.07. The molecule has 0 bridgehead atoms. The SMILES string of the molecule is COc1cc2c(Nc3ccc(F)c(Cl)c3)ncnc2cc1NCCO. The molecule has 0 aliphatic carbocycles. The maximum absolute atomic E-state index is 13.3. The third-order valence-corrected chi connectivity index (χ3v) is 3.86. The topological polar surface area (TPSA) is 79.3 Å². The quantitative estimate of drug-likeness (QED) is 0.622. The van der Waals surface area contributed by atoms with Gasteiger partial charge in [-0.25, -0.2) is 14.4 Å². The van der Waals surface area contributed by atoms with E-state index < -0.39 is 5.82 Å². The molecular formula is C17H16ClFN4O2. The van der Waals surface area contributed by atoms with Gasteiger partial charge in [0.1, 0.15) is 23.7 Å². The summed E-state index contributed by atoms with van der Waals surface area (Å²) in [5.41, 5.74) is 2.01. The van der Waals surface area contributed by atoms with Crippen LogP contribution >= 0.6 is 11.6 Å². The van der Waals surface area contributed by atoms with E-state index >= 15 is 0 Å². The Kier molecular flexibility index (Phi) is 5.16. The highest BCUT2D eigenvalue weighted by atomic mass is 35.5. The average Bonchev–Trinajstić information content (AvgIpc) is 2.62. The van der Waals surface area contributed by atoms with Crippen LogP contribution in [0.1, 0.15) is 0 Å². The molecule has 2 aromatic carbocycles. The number of anilines is 3. The number of aliphatic hydroxyl groups excluding tert-OH is 1. The van der Waals surface area contributed by atoms with Crippen molar-refractivity contribution in [2.45, 2.75) is 0 Å². The Labute approximate surface area is 148 Å². The fourth-order valence-corrected chi connectivity index (χ4v) is 2.57. The maximum atomic E-state index is 13.3. The van der Waals surface area contributed by atoms with Gasteiger partial charge < -0.3 is 20.5 Å². The molecule has 0 aliphatic heterocycles. The van der Waals surface area contributed by atoms with Crippen molar-refractivity contribution in [1.82, 2.24) is 9.97 Å². The number of aromatic nitrogens is 2. The van der Waals surface area contributed by atoms with E-state index in [0.717, 1.165) is 11.1 Å². The van der Waals surface area contributed by atoms with Gasteiger partial charge in [0.25, 0.3) is 0 Å². The minimum absolute atomic E-state index is 0.00307. The van der Waals surface area contributed by atoms with E-state index in [-0.39, 0.29) is 11.6 Å². The maximum Gasteiger partial charge on any atom is 0.142 e. The lowest BCUT2D eigenvalue weighted by atomic mass is 10.2. The molecule has 0 fully saturated rings. The smallest absolute Gasteiger partial charge is 0.142 e. The Morgan fingerprint density at radius 1 is 1.24 bits per heavy atom. The molecule has 130 valence electrons. The summed E-state index contributed by atoms with van der Waals surface area (Å²) in [7, 11) is 1.56. The van der Waals surface area contributed by atoms with Crippen molar-refractivity contribution < 1.29 is 14.2 Å². The van der Waals surface area contributed by atoms with Crippen molar-refractivity contribution >= 4 is 39.7 Å². The number of hydrogen-bond acceptors (Lipinski definition) is 6. The Balaban J connectivity index is 2.02. The van der Waals surface area contributed by atoms with Gasteiger partial charge in [0.05, 0.1) is 29.9 Å². The molecule has 8 heteroatoms. The van der Waals surface area contributed by atoms with E-state index in [9.17, 15) is 4.39 Å². The molecule has 0 unspecified atom stereocenters. The van der Waals surface area contributed by atoms with Crippen molar-refractivity contribution in [1.29, 1.82) is 0 Å². The third-order valence-electron chi connectivity index (χ3n) is 3.57. The molecule has 0 saturated heterocycles. The number of nitrogens with one attached hydrogen (secondary N) is 2. The average molecular weight is 363 g/mol. The first-order chi connectivity index (χ1) is 12.1. The number of hydrogen-bond donors (Lipinski definition) is 3. The zero-order valence-corrected chi connectivity index (χ0v) is 14.1. The van der Waals surface area contributed by atoms with Crippen LogP contribution in [0.25, 0.3) is 10.9 Å². The molecular weight excluding hydrogens is 347 g/mol. The fourth-order valence-electron chi connectivity index (χ4n) is 2.39. The van der Waals surface area contributed by atoms with Crippen molar-refractivity contribution in [2.24, 2.45) is 0 Å². The predicted molar refractivity (Wildman–Crippen MR) is 96.4 cm³/mol. The molecule has 1 heterocycles. The highest BCUT2D eigenvalue weighted by molar-refractivity contribution is 6.31. The number of rotatable bonds is 6. The van der Waals surface area contributed by atoms with Gasteiger partial charge in [0, 0.05) is 17.6 Å². The van der Waals surface area contributed by atoms with Crippen molar-refractivity contribution in [3.05, 3.63) is 47.5 Å². The molecule has 25 heavy (non-hydrogen) atoms. The van der Waals surface area contributed by atoms with Gasteiger partial charge in [0.2, 0.25) is 0 Å². The molecule has 6 nitrogen and oxygen atoms in total. The number of benzene rings is 2. The van der Waals surface area contributed by atoms with Crippen LogP contribution in [0.4, 0.5) is 21.6 Å². The van der Waals surface area contributed by atoms with Gasteiger partial charge in [-0.15, -0.1) is 0 Å². The van der Waals surface area contributed by atoms with Gasteiger partial charge in [0.15, 0.2) is 0 Å². The normalized spacial score (nSPS) is 10.7. The van der Waals surface area contributed by atoms with Gasteiger partial charge in [-0.3, -0.25) is 0 Å². The van der Waals surface area contributed by atoms with Crippen LogP contribution in [-0.4, -0.2) is 35.3 Å². The van der Waals surface area contributed by atoms with Crippen LogP contribution in [0, 0.1) is 5.82 Å². The standard InChI is InChI=1S/C17H16ClFN4O2/c1-25-16-7-11-14(8-15(16)20-4-5-24)21-9-22-17(11)23-10-2-3-13(19)12(18)6-10/h2-3,6-9,20,24H,4-5H2,1H3,(H,21,22,23). The van der Waals surface area contributed by atoms with Crippen LogP contribution in [-0.2, 0) is 0 Å².